The Kier molecular flexibility index (Phi) is 6.90. The molecule has 14 nitrogen and oxygen atoms in total. The summed E-state index contributed by atoms with van der Waals surface area (Å²) in [6.07, 6.45) is -5.99. The summed E-state index contributed by atoms with van der Waals surface area (Å²) < 4.78 is 62.9. The van der Waals surface area contributed by atoms with Crippen LogP contribution in [0.5, 0.6) is 0 Å². The van der Waals surface area contributed by atoms with Crippen LogP contribution in [0.4, 0.5) is 8.78 Å². The summed E-state index contributed by atoms with van der Waals surface area (Å²) in [7, 11) is -4.55. The van der Waals surface area contributed by atoms with Gasteiger partial charge in [-0.2, -0.15) is 0 Å². The van der Waals surface area contributed by atoms with E-state index in [1.807, 2.05) is 4.98 Å². The summed E-state index contributed by atoms with van der Waals surface area (Å²) in [5.41, 5.74) is 4.32. The summed E-state index contributed by atoms with van der Waals surface area (Å²) >= 11 is 0. The second-order valence-corrected chi connectivity index (χ2v) is 9.19. The van der Waals surface area contributed by atoms with Gasteiger partial charge in [-0.3, -0.25) is 27.9 Å². The highest BCUT2D eigenvalue weighted by Crippen LogP contribution is 2.58. The van der Waals surface area contributed by atoms with Crippen molar-refractivity contribution in [1.29, 1.82) is 0 Å². The highest BCUT2D eigenvalue weighted by molar-refractivity contribution is 7.48. The number of aromatic nitrogens is 2. The molecular weight excluding hydrogens is 499 g/mol. The third-order valence-corrected chi connectivity index (χ3v) is 6.84. The molecule has 2 fully saturated rings. The van der Waals surface area contributed by atoms with E-state index in [9.17, 15) is 33.1 Å². The first-order valence-electron chi connectivity index (χ1n) is 10.0. The van der Waals surface area contributed by atoms with Gasteiger partial charge < -0.3 is 14.9 Å². The number of phosphoric acid groups is 1. The number of nitrogens with zero attached hydrogens (tertiary/aromatic N) is 4. The minimum Gasteiger partial charge on any atom is -0.387 e. The standard InChI is InChI=1S/C18H18F2N5O9P/c19-9-2-1-3-10(20)13(9)11-5-7-31-35(30,34-11)32-8-18(23-24-21)15(28)14(27)16(33-18)25-6-4-12(26)22-17(25)29/h1-4,6,11,14-16,27-28H,5,7-8H2,(H,22,26,29)/t11-,14-,15+,16-,18-,35+/m1/s1. The fourth-order valence-electron chi connectivity index (χ4n) is 3.69. The van der Waals surface area contributed by atoms with Gasteiger partial charge in [0.05, 0.1) is 18.8 Å². The highest BCUT2D eigenvalue weighted by atomic mass is 31.2. The fraction of sp³-hybridized carbons (Fsp3) is 0.444. The number of nitrogens with one attached hydrogen (secondary N) is 1. The number of ether oxygens (including phenoxy) is 1. The molecule has 2 aliphatic rings. The average molecular weight is 517 g/mol. The number of aliphatic hydroxyl groups excluding tert-OH is 2. The van der Waals surface area contributed by atoms with E-state index in [0.29, 0.717) is 0 Å². The Hall–Kier alpha value is -2.94. The molecule has 35 heavy (non-hydrogen) atoms. The molecule has 3 heterocycles. The van der Waals surface area contributed by atoms with E-state index in [1.54, 1.807) is 0 Å². The smallest absolute Gasteiger partial charge is 0.387 e. The average Bonchev–Trinajstić information content (AvgIpc) is 3.04. The van der Waals surface area contributed by atoms with E-state index >= 15 is 0 Å². The number of aromatic amines is 1. The third-order valence-electron chi connectivity index (χ3n) is 5.38. The molecule has 0 amide bonds. The summed E-state index contributed by atoms with van der Waals surface area (Å²) in [6, 6.07) is 4.06. The van der Waals surface area contributed by atoms with E-state index in [2.05, 4.69) is 10.0 Å². The molecule has 2 saturated heterocycles. The molecule has 1 aromatic heterocycles. The van der Waals surface area contributed by atoms with Gasteiger partial charge in [0.2, 0.25) is 5.72 Å². The minimum atomic E-state index is -4.55. The van der Waals surface area contributed by atoms with Crippen molar-refractivity contribution in [3.05, 3.63) is 78.9 Å². The molecule has 188 valence electrons. The molecule has 0 unspecified atom stereocenters. The topological polar surface area (TPSA) is 198 Å². The predicted octanol–water partition coefficient (Wildman–Crippen LogP) is 1.37. The lowest BCUT2D eigenvalue weighted by Crippen LogP contribution is -2.45. The molecule has 0 radical (unpaired) electrons. The van der Waals surface area contributed by atoms with Crippen molar-refractivity contribution in [2.45, 2.75) is 36.7 Å². The van der Waals surface area contributed by atoms with Crippen molar-refractivity contribution in [3.63, 3.8) is 0 Å². The molecule has 0 aliphatic carbocycles. The van der Waals surface area contributed by atoms with Crippen LogP contribution >= 0.6 is 7.82 Å². The number of hydrogen-bond donors (Lipinski definition) is 3. The normalized spacial score (nSPS) is 32.8. The number of halogens is 2. The Morgan fingerprint density at radius 3 is 2.69 bits per heavy atom. The zero-order valence-electron chi connectivity index (χ0n) is 17.6. The van der Waals surface area contributed by atoms with Crippen molar-refractivity contribution in [2.24, 2.45) is 5.11 Å². The van der Waals surface area contributed by atoms with Crippen LogP contribution in [0.2, 0.25) is 0 Å². The largest absolute Gasteiger partial charge is 0.475 e. The van der Waals surface area contributed by atoms with E-state index in [4.69, 9.17) is 23.8 Å². The predicted molar refractivity (Wildman–Crippen MR) is 110 cm³/mol. The molecule has 3 N–H and O–H groups in total. The van der Waals surface area contributed by atoms with Crippen molar-refractivity contribution >= 4 is 7.82 Å². The quantitative estimate of drug-likeness (QED) is 0.219. The van der Waals surface area contributed by atoms with Gasteiger partial charge in [0.15, 0.2) is 6.23 Å². The minimum absolute atomic E-state index is 0.0677. The van der Waals surface area contributed by atoms with Gasteiger partial charge in [0, 0.05) is 23.6 Å². The molecule has 6 atom stereocenters. The van der Waals surface area contributed by atoms with E-state index < -0.39 is 73.1 Å². The van der Waals surface area contributed by atoms with Crippen LogP contribution in [0, 0.1) is 11.6 Å². The molecule has 2 aromatic rings. The lowest BCUT2D eigenvalue weighted by Gasteiger charge is -2.32. The Balaban J connectivity index is 1.57. The lowest BCUT2D eigenvalue weighted by molar-refractivity contribution is -0.127. The summed E-state index contributed by atoms with van der Waals surface area (Å²) in [6.45, 7) is -1.31. The first-order chi connectivity index (χ1) is 16.6. The number of azide groups is 1. The zero-order chi connectivity index (χ0) is 25.4. The van der Waals surface area contributed by atoms with Crippen molar-refractivity contribution in [2.75, 3.05) is 13.2 Å². The number of aliphatic hydroxyl groups is 2. The Morgan fingerprint density at radius 2 is 2.03 bits per heavy atom. The van der Waals surface area contributed by atoms with Gasteiger partial charge in [0.1, 0.15) is 29.9 Å². The second kappa shape index (κ2) is 9.60. The lowest BCUT2D eigenvalue weighted by atomic mass is 10.1. The molecule has 17 heteroatoms. The number of H-pyrrole nitrogens is 1. The summed E-state index contributed by atoms with van der Waals surface area (Å²) in [4.78, 5) is 27.9. The van der Waals surface area contributed by atoms with Crippen LogP contribution < -0.4 is 11.2 Å². The Morgan fingerprint density at radius 1 is 1.31 bits per heavy atom. The third kappa shape index (κ3) is 4.78. The summed E-state index contributed by atoms with van der Waals surface area (Å²) in [5, 5.41) is 24.3. The monoisotopic (exact) mass is 517 g/mol. The van der Waals surface area contributed by atoms with Gasteiger partial charge in [-0.05, 0) is 17.7 Å². The molecule has 0 saturated carbocycles. The van der Waals surface area contributed by atoms with Crippen molar-refractivity contribution in [3.8, 4) is 0 Å². The number of hydrogen-bond acceptors (Lipinski definition) is 10. The number of benzene rings is 1. The van der Waals surface area contributed by atoms with Crippen molar-refractivity contribution in [1.82, 2.24) is 9.55 Å². The van der Waals surface area contributed by atoms with Crippen LogP contribution in [0.1, 0.15) is 24.3 Å². The molecular formula is C18H18F2N5O9P. The maximum Gasteiger partial charge on any atom is 0.475 e. The van der Waals surface area contributed by atoms with Crippen molar-refractivity contribution < 1.29 is 41.9 Å². The van der Waals surface area contributed by atoms with E-state index in [1.165, 1.54) is 0 Å². The first kappa shape index (κ1) is 25.2. The van der Waals surface area contributed by atoms with Gasteiger partial charge in [-0.25, -0.2) is 18.1 Å². The number of phosphoric ester groups is 1. The van der Waals surface area contributed by atoms with Crippen LogP contribution in [-0.2, 0) is 22.9 Å². The molecule has 0 bridgehead atoms. The first-order valence-corrected chi connectivity index (χ1v) is 11.5. The second-order valence-electron chi connectivity index (χ2n) is 7.57. The molecule has 1 aromatic carbocycles. The zero-order valence-corrected chi connectivity index (χ0v) is 18.5. The number of rotatable bonds is 6. The van der Waals surface area contributed by atoms with Crippen LogP contribution in [0.3, 0.4) is 0 Å². The van der Waals surface area contributed by atoms with Crippen LogP contribution in [0.25, 0.3) is 10.4 Å². The highest BCUT2D eigenvalue weighted by Gasteiger charge is 2.56. The fourth-order valence-corrected chi connectivity index (χ4v) is 5.08. The van der Waals surface area contributed by atoms with Crippen LogP contribution in [-0.4, -0.2) is 50.9 Å². The maximum absolute atomic E-state index is 14.2. The van der Waals surface area contributed by atoms with E-state index in [-0.39, 0.29) is 13.0 Å². The van der Waals surface area contributed by atoms with Gasteiger partial charge in [-0.15, -0.1) is 0 Å². The maximum atomic E-state index is 14.2. The Labute approximate surface area is 193 Å². The van der Waals surface area contributed by atoms with Crippen LogP contribution in [0.15, 0.2) is 45.2 Å². The SMILES string of the molecule is [N-]=[N+]=N[C@]1(CO[P@]2(=O)OCC[C@H](c3c(F)cccc3F)O2)O[C@@H](n2ccc(=O)[nH]c2=O)[C@H](O)[C@@H]1O. The molecule has 4 rings (SSSR count). The molecule has 0 spiro atoms. The van der Waals surface area contributed by atoms with E-state index in [0.717, 1.165) is 35.0 Å². The summed E-state index contributed by atoms with van der Waals surface area (Å²) in [5.74, 6) is -1.89. The van der Waals surface area contributed by atoms with Gasteiger partial charge in [-0.1, -0.05) is 11.2 Å². The Bertz CT molecular complexity index is 1310. The molecule has 2 aliphatic heterocycles. The van der Waals surface area contributed by atoms with Gasteiger partial charge >= 0.3 is 13.5 Å². The van der Waals surface area contributed by atoms with Gasteiger partial charge in [0.25, 0.3) is 5.56 Å².